The third-order valence-corrected chi connectivity index (χ3v) is 2.54. The normalized spacial score (nSPS) is 11.7. The molecule has 0 aliphatic carbocycles. The maximum Gasteiger partial charge on any atom is 0.210 e. The summed E-state index contributed by atoms with van der Waals surface area (Å²) >= 11 is 0. The first-order chi connectivity index (χ1) is 5.95. The van der Waals surface area contributed by atoms with Crippen molar-refractivity contribution in [2.75, 3.05) is 0 Å². The smallest absolute Gasteiger partial charge is 0.161 e. The SMILES string of the molecule is Cc1cc(C(C)C)[n+](C(C)C)n1C. The van der Waals surface area contributed by atoms with E-state index in [9.17, 15) is 0 Å². The molecule has 0 atom stereocenters. The Morgan fingerprint density at radius 3 is 2.08 bits per heavy atom. The molecule has 0 bridgehead atoms. The molecule has 74 valence electrons. The third kappa shape index (κ3) is 1.77. The molecule has 2 heteroatoms. The summed E-state index contributed by atoms with van der Waals surface area (Å²) in [4.78, 5) is 0. The highest BCUT2D eigenvalue weighted by Gasteiger charge is 2.23. The Kier molecular flexibility index (Phi) is 2.79. The fourth-order valence-corrected chi connectivity index (χ4v) is 1.79. The average Bonchev–Trinajstić information content (AvgIpc) is 2.28. The zero-order chi connectivity index (χ0) is 10.2. The molecule has 0 saturated heterocycles. The van der Waals surface area contributed by atoms with Gasteiger partial charge in [0.2, 0.25) is 5.69 Å². The van der Waals surface area contributed by atoms with Crippen molar-refractivity contribution in [3.8, 4) is 0 Å². The number of hydrogen-bond donors (Lipinski definition) is 0. The highest BCUT2D eigenvalue weighted by atomic mass is 15.4. The molecule has 0 spiro atoms. The summed E-state index contributed by atoms with van der Waals surface area (Å²) in [6.45, 7) is 11.1. The summed E-state index contributed by atoms with van der Waals surface area (Å²) in [5.41, 5.74) is 2.76. The predicted molar refractivity (Wildman–Crippen MR) is 54.8 cm³/mol. The van der Waals surface area contributed by atoms with Gasteiger partial charge in [0.15, 0.2) is 6.04 Å². The van der Waals surface area contributed by atoms with Crippen LogP contribution in [-0.4, -0.2) is 4.68 Å². The Hall–Kier alpha value is -0.790. The molecule has 0 unspecified atom stereocenters. The van der Waals surface area contributed by atoms with Crippen LogP contribution in [0, 0.1) is 6.92 Å². The first kappa shape index (κ1) is 10.3. The van der Waals surface area contributed by atoms with E-state index in [0.29, 0.717) is 12.0 Å². The maximum atomic E-state index is 2.36. The van der Waals surface area contributed by atoms with Crippen molar-refractivity contribution >= 4 is 0 Å². The second-order valence-corrected chi connectivity index (χ2v) is 4.33. The molecule has 1 aromatic heterocycles. The Balaban J connectivity index is 3.27. The summed E-state index contributed by atoms with van der Waals surface area (Å²) in [7, 11) is 2.13. The number of rotatable bonds is 2. The second kappa shape index (κ2) is 3.52. The molecule has 1 aromatic rings. The van der Waals surface area contributed by atoms with Gasteiger partial charge in [-0.15, -0.1) is 4.68 Å². The van der Waals surface area contributed by atoms with Crippen LogP contribution in [0.4, 0.5) is 0 Å². The van der Waals surface area contributed by atoms with Crippen LogP contribution in [0.1, 0.15) is 51.0 Å². The summed E-state index contributed by atoms with van der Waals surface area (Å²) in [5.74, 6) is 0.599. The van der Waals surface area contributed by atoms with Gasteiger partial charge in [-0.25, -0.2) is 0 Å². The Labute approximate surface area is 81.2 Å². The Bertz CT molecular complexity index is 295. The largest absolute Gasteiger partial charge is 0.210 e. The Morgan fingerprint density at radius 2 is 1.77 bits per heavy atom. The molecule has 13 heavy (non-hydrogen) atoms. The molecule has 0 N–H and O–H groups in total. The lowest BCUT2D eigenvalue weighted by Crippen LogP contribution is -2.47. The number of aromatic nitrogens is 2. The van der Waals surface area contributed by atoms with E-state index < -0.39 is 0 Å². The summed E-state index contributed by atoms with van der Waals surface area (Å²) in [5, 5.41) is 0. The fourth-order valence-electron chi connectivity index (χ4n) is 1.79. The van der Waals surface area contributed by atoms with Crippen molar-refractivity contribution < 1.29 is 4.68 Å². The van der Waals surface area contributed by atoms with Gasteiger partial charge in [0, 0.05) is 12.0 Å². The topological polar surface area (TPSA) is 8.81 Å². The minimum Gasteiger partial charge on any atom is -0.161 e. The van der Waals surface area contributed by atoms with Gasteiger partial charge in [-0.3, -0.25) is 0 Å². The second-order valence-electron chi connectivity index (χ2n) is 4.33. The molecular formula is C11H21N2+. The van der Waals surface area contributed by atoms with Crippen LogP contribution in [0.15, 0.2) is 6.07 Å². The molecular weight excluding hydrogens is 160 g/mol. The van der Waals surface area contributed by atoms with Crippen molar-refractivity contribution in [1.29, 1.82) is 0 Å². The van der Waals surface area contributed by atoms with Gasteiger partial charge in [-0.05, 0) is 20.8 Å². The molecule has 1 rings (SSSR count). The standard InChI is InChI=1S/C11H21N2/c1-8(2)11-7-10(5)12(6)13(11)9(3)4/h7-9H,1-6H3/q+1. The van der Waals surface area contributed by atoms with E-state index in [-0.39, 0.29) is 0 Å². The van der Waals surface area contributed by atoms with Crippen molar-refractivity contribution in [3.63, 3.8) is 0 Å². The molecule has 0 aromatic carbocycles. The quantitative estimate of drug-likeness (QED) is 0.619. The summed E-state index contributed by atoms with van der Waals surface area (Å²) < 4.78 is 4.60. The van der Waals surface area contributed by atoms with Gasteiger partial charge in [0.05, 0.1) is 12.7 Å². The molecule has 2 nitrogen and oxygen atoms in total. The average molecular weight is 181 g/mol. The fraction of sp³-hybridized carbons (Fsp3) is 0.727. The summed E-state index contributed by atoms with van der Waals surface area (Å²) in [6, 6.07) is 2.82. The van der Waals surface area contributed by atoms with Crippen LogP contribution in [0.3, 0.4) is 0 Å². The molecule has 0 aliphatic heterocycles. The van der Waals surface area contributed by atoms with Crippen molar-refractivity contribution in [3.05, 3.63) is 17.5 Å². The lowest BCUT2D eigenvalue weighted by molar-refractivity contribution is -0.797. The lowest BCUT2D eigenvalue weighted by Gasteiger charge is -2.06. The molecule has 0 fully saturated rings. The molecule has 0 aliphatic rings. The maximum absolute atomic E-state index is 2.36. The van der Waals surface area contributed by atoms with E-state index in [1.165, 1.54) is 11.4 Å². The number of aryl methyl sites for hydroxylation is 1. The van der Waals surface area contributed by atoms with Crippen LogP contribution in [-0.2, 0) is 7.05 Å². The van der Waals surface area contributed by atoms with E-state index in [4.69, 9.17) is 0 Å². The van der Waals surface area contributed by atoms with E-state index >= 15 is 0 Å². The van der Waals surface area contributed by atoms with Crippen molar-refractivity contribution in [2.24, 2.45) is 7.05 Å². The van der Waals surface area contributed by atoms with Gasteiger partial charge >= 0.3 is 0 Å². The van der Waals surface area contributed by atoms with E-state index in [0.717, 1.165) is 0 Å². The van der Waals surface area contributed by atoms with Gasteiger partial charge in [0.25, 0.3) is 0 Å². The van der Waals surface area contributed by atoms with Crippen LogP contribution >= 0.6 is 0 Å². The van der Waals surface area contributed by atoms with E-state index in [1.54, 1.807) is 0 Å². The lowest BCUT2D eigenvalue weighted by atomic mass is 10.1. The monoisotopic (exact) mass is 181 g/mol. The van der Waals surface area contributed by atoms with Crippen LogP contribution in [0.5, 0.6) is 0 Å². The predicted octanol–water partition coefficient (Wildman–Crippen LogP) is 2.33. The summed E-state index contributed by atoms with van der Waals surface area (Å²) in [6.07, 6.45) is 0. The minimum atomic E-state index is 0.538. The van der Waals surface area contributed by atoms with E-state index in [2.05, 4.69) is 57.1 Å². The minimum absolute atomic E-state index is 0.538. The molecule has 0 radical (unpaired) electrons. The van der Waals surface area contributed by atoms with Crippen molar-refractivity contribution in [2.45, 2.75) is 46.6 Å². The van der Waals surface area contributed by atoms with Gasteiger partial charge in [-0.1, -0.05) is 13.8 Å². The van der Waals surface area contributed by atoms with Crippen LogP contribution < -0.4 is 4.68 Å². The number of nitrogens with zero attached hydrogens (tertiary/aromatic N) is 2. The molecule has 0 amide bonds. The van der Waals surface area contributed by atoms with Crippen molar-refractivity contribution in [1.82, 2.24) is 4.68 Å². The van der Waals surface area contributed by atoms with Crippen LogP contribution in [0.2, 0.25) is 0 Å². The number of hydrogen-bond acceptors (Lipinski definition) is 0. The van der Waals surface area contributed by atoms with E-state index in [1.807, 2.05) is 0 Å². The van der Waals surface area contributed by atoms with Gasteiger partial charge in [-0.2, -0.15) is 4.68 Å². The highest BCUT2D eigenvalue weighted by molar-refractivity contribution is 5.06. The first-order valence-corrected chi connectivity index (χ1v) is 5.03. The molecule has 0 saturated carbocycles. The van der Waals surface area contributed by atoms with Gasteiger partial charge < -0.3 is 0 Å². The third-order valence-electron chi connectivity index (χ3n) is 2.54. The van der Waals surface area contributed by atoms with Crippen LogP contribution in [0.25, 0.3) is 0 Å². The Morgan fingerprint density at radius 1 is 1.23 bits per heavy atom. The highest BCUT2D eigenvalue weighted by Crippen LogP contribution is 2.13. The first-order valence-electron chi connectivity index (χ1n) is 5.03. The van der Waals surface area contributed by atoms with Gasteiger partial charge in [0.1, 0.15) is 0 Å². The zero-order valence-electron chi connectivity index (χ0n) is 9.63. The molecule has 1 heterocycles. The zero-order valence-corrected chi connectivity index (χ0v) is 9.63.